The van der Waals surface area contributed by atoms with Gasteiger partial charge in [0, 0.05) is 25.9 Å². The topological polar surface area (TPSA) is 64.1 Å². The molecule has 0 aromatic carbocycles. The van der Waals surface area contributed by atoms with E-state index in [4.69, 9.17) is 0 Å². The van der Waals surface area contributed by atoms with Gasteiger partial charge in [0.25, 0.3) is 0 Å². The first-order chi connectivity index (χ1) is 9.50. The third-order valence-corrected chi connectivity index (χ3v) is 5.22. The van der Waals surface area contributed by atoms with Crippen molar-refractivity contribution in [2.75, 3.05) is 39.0 Å². The van der Waals surface area contributed by atoms with Crippen LogP contribution in [-0.2, 0) is 4.79 Å². The second-order valence-electron chi connectivity index (χ2n) is 5.45. The van der Waals surface area contributed by atoms with Crippen molar-refractivity contribution in [1.82, 2.24) is 14.7 Å². The minimum Gasteiger partial charge on any atom is -0.480 e. The van der Waals surface area contributed by atoms with Crippen LogP contribution in [0.5, 0.6) is 0 Å². The smallest absolute Gasteiger partial charge is 0.327 e. The first-order valence-corrected chi connectivity index (χ1v) is 8.15. The Kier molecular flexibility index (Phi) is 5.15. The van der Waals surface area contributed by atoms with Crippen molar-refractivity contribution < 1.29 is 14.7 Å². The Morgan fingerprint density at radius 2 is 2.00 bits per heavy atom. The largest absolute Gasteiger partial charge is 0.480 e. The van der Waals surface area contributed by atoms with E-state index in [9.17, 15) is 14.7 Å². The molecule has 2 aliphatic heterocycles. The summed E-state index contributed by atoms with van der Waals surface area (Å²) in [6.45, 7) is 5.62. The van der Waals surface area contributed by atoms with E-state index in [0.717, 1.165) is 19.6 Å². The van der Waals surface area contributed by atoms with E-state index in [-0.39, 0.29) is 11.4 Å². The van der Waals surface area contributed by atoms with E-state index in [1.165, 1.54) is 29.5 Å². The summed E-state index contributed by atoms with van der Waals surface area (Å²) in [5, 5.41) is 9.13. The Labute approximate surface area is 124 Å². The normalized spacial score (nSPS) is 27.0. The molecule has 2 fully saturated rings. The Bertz CT molecular complexity index is 374. The van der Waals surface area contributed by atoms with Gasteiger partial charge in [0.15, 0.2) is 0 Å². The Morgan fingerprint density at radius 3 is 2.60 bits per heavy atom. The first-order valence-electron chi connectivity index (χ1n) is 7.11. The zero-order valence-electron chi connectivity index (χ0n) is 12.1. The maximum atomic E-state index is 12.4. The number of likely N-dealkylation sites (N-methyl/N-ethyl adjacent to an activating group) is 1. The molecule has 0 aromatic heterocycles. The lowest BCUT2D eigenvalue weighted by molar-refractivity contribution is -0.141. The minimum atomic E-state index is -0.914. The van der Waals surface area contributed by atoms with Crippen LogP contribution in [0, 0.1) is 0 Å². The first kappa shape index (κ1) is 15.4. The summed E-state index contributed by atoms with van der Waals surface area (Å²) in [5.41, 5.74) is 0. The van der Waals surface area contributed by atoms with Gasteiger partial charge in [0.05, 0.1) is 5.37 Å². The molecule has 1 N–H and O–H groups in total. The lowest BCUT2D eigenvalue weighted by Crippen LogP contribution is -2.51. The number of thioether (sulfide) groups is 1. The number of rotatable bonds is 4. The molecule has 0 aromatic rings. The molecule has 0 bridgehead atoms. The zero-order valence-corrected chi connectivity index (χ0v) is 12.9. The van der Waals surface area contributed by atoms with E-state index < -0.39 is 12.0 Å². The summed E-state index contributed by atoms with van der Waals surface area (Å²) in [5.74, 6) is -0.439. The highest BCUT2D eigenvalue weighted by atomic mass is 32.2. The highest BCUT2D eigenvalue weighted by Crippen LogP contribution is 2.29. The van der Waals surface area contributed by atoms with Crippen LogP contribution < -0.4 is 0 Å². The van der Waals surface area contributed by atoms with Gasteiger partial charge < -0.3 is 14.9 Å². The van der Waals surface area contributed by atoms with Crippen molar-refractivity contribution in [3.63, 3.8) is 0 Å². The van der Waals surface area contributed by atoms with E-state index in [0.29, 0.717) is 12.3 Å². The van der Waals surface area contributed by atoms with Gasteiger partial charge in [0.2, 0.25) is 0 Å². The lowest BCUT2D eigenvalue weighted by Gasteiger charge is -2.31. The maximum Gasteiger partial charge on any atom is 0.327 e. The molecular formula is C13H23N3O3S. The minimum absolute atomic E-state index is 0.0714. The molecule has 2 rings (SSSR count). The number of hydrogen-bond donors (Lipinski definition) is 1. The molecule has 2 aliphatic rings. The third-order valence-electron chi connectivity index (χ3n) is 4.01. The molecule has 2 amide bonds. The average molecular weight is 301 g/mol. The molecule has 2 unspecified atom stereocenters. The number of nitrogens with zero attached hydrogens (tertiary/aromatic N) is 3. The van der Waals surface area contributed by atoms with Gasteiger partial charge in [-0.15, -0.1) is 11.8 Å². The predicted molar refractivity (Wildman–Crippen MR) is 78.9 cm³/mol. The average Bonchev–Trinajstić information content (AvgIpc) is 3.04. The van der Waals surface area contributed by atoms with Crippen LogP contribution in [0.3, 0.4) is 0 Å². The van der Waals surface area contributed by atoms with Crippen LogP contribution in [0.4, 0.5) is 4.79 Å². The van der Waals surface area contributed by atoms with Gasteiger partial charge >= 0.3 is 12.0 Å². The molecule has 0 spiro atoms. The molecule has 20 heavy (non-hydrogen) atoms. The van der Waals surface area contributed by atoms with Crippen molar-refractivity contribution >= 4 is 23.8 Å². The molecule has 2 atom stereocenters. The van der Waals surface area contributed by atoms with Crippen molar-refractivity contribution in [3.05, 3.63) is 0 Å². The summed E-state index contributed by atoms with van der Waals surface area (Å²) in [4.78, 5) is 29.1. The van der Waals surface area contributed by atoms with Crippen LogP contribution >= 0.6 is 11.8 Å². The summed E-state index contributed by atoms with van der Waals surface area (Å²) in [7, 11) is 1.76. The summed E-state index contributed by atoms with van der Waals surface area (Å²) < 4.78 is 0. The second-order valence-corrected chi connectivity index (χ2v) is 6.80. The van der Waals surface area contributed by atoms with Crippen LogP contribution in [0.2, 0.25) is 0 Å². The number of likely N-dealkylation sites (tertiary alicyclic amines) is 1. The molecule has 7 heteroatoms. The van der Waals surface area contributed by atoms with Gasteiger partial charge in [-0.25, -0.2) is 9.59 Å². The number of carbonyl (C=O) groups is 2. The molecule has 6 nitrogen and oxygen atoms in total. The Morgan fingerprint density at radius 1 is 1.35 bits per heavy atom. The van der Waals surface area contributed by atoms with Gasteiger partial charge in [0.1, 0.15) is 6.04 Å². The zero-order chi connectivity index (χ0) is 14.7. The number of amides is 2. The number of urea groups is 1. The predicted octanol–water partition coefficient (Wildman–Crippen LogP) is 0.982. The molecular weight excluding hydrogens is 278 g/mol. The fraction of sp³-hybridized carbons (Fsp3) is 0.846. The van der Waals surface area contributed by atoms with Crippen LogP contribution in [0.15, 0.2) is 0 Å². The number of hydrogen-bond acceptors (Lipinski definition) is 4. The summed E-state index contributed by atoms with van der Waals surface area (Å²) in [6.07, 6.45) is 2.47. The van der Waals surface area contributed by atoms with E-state index >= 15 is 0 Å². The standard InChI is InChI=1S/C13H23N3O3S/c1-10-16(11(9-20-10)12(17)18)13(19)14(2)7-8-15-5-3-4-6-15/h10-11H,3-9H2,1-2H3,(H,17,18). The maximum absolute atomic E-state index is 12.4. The summed E-state index contributed by atoms with van der Waals surface area (Å²) >= 11 is 1.52. The van der Waals surface area contributed by atoms with E-state index in [1.54, 1.807) is 11.9 Å². The van der Waals surface area contributed by atoms with Crippen molar-refractivity contribution in [2.24, 2.45) is 0 Å². The van der Waals surface area contributed by atoms with E-state index in [1.807, 2.05) is 6.92 Å². The Hall–Kier alpha value is -0.950. The molecule has 2 heterocycles. The van der Waals surface area contributed by atoms with E-state index in [2.05, 4.69) is 4.90 Å². The Balaban J connectivity index is 1.89. The fourth-order valence-corrected chi connectivity index (χ4v) is 3.88. The van der Waals surface area contributed by atoms with Gasteiger partial charge in [-0.2, -0.15) is 0 Å². The van der Waals surface area contributed by atoms with Crippen molar-refractivity contribution in [2.45, 2.75) is 31.2 Å². The molecule has 0 radical (unpaired) electrons. The molecule has 0 aliphatic carbocycles. The summed E-state index contributed by atoms with van der Waals surface area (Å²) in [6, 6.07) is -0.870. The second kappa shape index (κ2) is 6.67. The lowest BCUT2D eigenvalue weighted by atomic mass is 10.3. The van der Waals surface area contributed by atoms with Gasteiger partial charge in [-0.05, 0) is 32.9 Å². The number of carboxylic acids is 1. The van der Waals surface area contributed by atoms with Crippen LogP contribution in [0.25, 0.3) is 0 Å². The number of carboxylic acid groups (broad SMARTS) is 1. The molecule has 2 saturated heterocycles. The van der Waals surface area contributed by atoms with Gasteiger partial charge in [-0.3, -0.25) is 4.90 Å². The van der Waals surface area contributed by atoms with Crippen LogP contribution in [-0.4, -0.2) is 82.2 Å². The number of aliphatic carboxylic acids is 1. The SMILES string of the molecule is CC1SCC(C(=O)O)N1C(=O)N(C)CCN1CCCC1. The third kappa shape index (κ3) is 3.38. The molecule has 114 valence electrons. The monoisotopic (exact) mass is 301 g/mol. The van der Waals surface area contributed by atoms with Gasteiger partial charge in [-0.1, -0.05) is 0 Å². The number of carbonyl (C=O) groups excluding carboxylic acids is 1. The fourth-order valence-electron chi connectivity index (χ4n) is 2.71. The highest BCUT2D eigenvalue weighted by molar-refractivity contribution is 8.00. The van der Waals surface area contributed by atoms with Crippen molar-refractivity contribution in [1.29, 1.82) is 0 Å². The quantitative estimate of drug-likeness (QED) is 0.838. The molecule has 0 saturated carbocycles. The van der Waals surface area contributed by atoms with Crippen molar-refractivity contribution in [3.8, 4) is 0 Å². The van der Waals surface area contributed by atoms with Crippen LogP contribution in [0.1, 0.15) is 19.8 Å². The highest BCUT2D eigenvalue weighted by Gasteiger charge is 2.40.